The van der Waals surface area contributed by atoms with E-state index >= 15 is 0 Å². The second-order valence-electron chi connectivity index (χ2n) is 2.74. The molecular formula is C9H5ClN2O3. The van der Waals surface area contributed by atoms with E-state index in [1.54, 1.807) is 12.1 Å². The van der Waals surface area contributed by atoms with Crippen molar-refractivity contribution < 1.29 is 9.34 Å². The Bertz CT molecular complexity index is 510. The van der Waals surface area contributed by atoms with Gasteiger partial charge in [-0.05, 0) is 18.2 Å². The summed E-state index contributed by atoms with van der Waals surface area (Å²) in [5.41, 5.74) is 0.535. The molecule has 5 nitrogen and oxygen atoms in total. The Morgan fingerprint density at radius 1 is 1.40 bits per heavy atom. The van der Waals surface area contributed by atoms with E-state index in [9.17, 15) is 10.1 Å². The number of pyridine rings is 1. The molecule has 0 spiro atoms. The van der Waals surface area contributed by atoms with Gasteiger partial charge in [0.1, 0.15) is 15.8 Å². The quantitative estimate of drug-likeness (QED) is 0.447. The molecule has 0 saturated heterocycles. The summed E-state index contributed by atoms with van der Waals surface area (Å²) < 4.78 is 4.99. The lowest BCUT2D eigenvalue weighted by molar-refractivity contribution is -0.401. The molecule has 2 heterocycles. The molecule has 0 amide bonds. The Morgan fingerprint density at radius 2 is 2.20 bits per heavy atom. The van der Waals surface area contributed by atoms with Crippen LogP contribution in [0.3, 0.4) is 0 Å². The first-order chi connectivity index (χ1) is 7.18. The van der Waals surface area contributed by atoms with Crippen LogP contribution in [0.15, 0.2) is 34.9 Å². The van der Waals surface area contributed by atoms with Crippen LogP contribution in [-0.4, -0.2) is 9.91 Å². The van der Waals surface area contributed by atoms with Crippen LogP contribution in [0.1, 0.15) is 0 Å². The van der Waals surface area contributed by atoms with Crippen LogP contribution in [0.5, 0.6) is 0 Å². The number of rotatable bonds is 2. The van der Waals surface area contributed by atoms with E-state index < -0.39 is 4.92 Å². The molecule has 2 aromatic heterocycles. The second kappa shape index (κ2) is 3.70. The molecule has 0 atom stereocenters. The minimum atomic E-state index is -0.603. The lowest BCUT2D eigenvalue weighted by Crippen LogP contribution is -1.83. The molecule has 0 aromatic carbocycles. The standard InChI is InChI=1S/C9H5ClN2O3/c10-9-6(2-1-5-11-9)7-3-4-8(15-7)12(13)14/h1-5H. The molecule has 2 aromatic rings. The minimum absolute atomic E-state index is 0.252. The van der Waals surface area contributed by atoms with Gasteiger partial charge < -0.3 is 4.42 Å². The van der Waals surface area contributed by atoms with Gasteiger partial charge in [0, 0.05) is 6.20 Å². The third-order valence-corrected chi connectivity index (χ3v) is 2.10. The topological polar surface area (TPSA) is 69.2 Å². The van der Waals surface area contributed by atoms with Crippen LogP contribution < -0.4 is 0 Å². The molecule has 0 saturated carbocycles. The van der Waals surface area contributed by atoms with Crippen molar-refractivity contribution in [1.29, 1.82) is 0 Å². The fraction of sp³-hybridized carbons (Fsp3) is 0. The maximum absolute atomic E-state index is 10.4. The molecule has 0 radical (unpaired) electrons. The number of aromatic nitrogens is 1. The molecule has 0 fully saturated rings. The average molecular weight is 225 g/mol. The van der Waals surface area contributed by atoms with E-state index in [2.05, 4.69) is 4.98 Å². The van der Waals surface area contributed by atoms with Gasteiger partial charge in [-0.1, -0.05) is 11.6 Å². The fourth-order valence-electron chi connectivity index (χ4n) is 1.14. The van der Waals surface area contributed by atoms with Crippen LogP contribution in [-0.2, 0) is 0 Å². The molecular weight excluding hydrogens is 220 g/mol. The second-order valence-corrected chi connectivity index (χ2v) is 3.09. The highest BCUT2D eigenvalue weighted by Gasteiger charge is 2.14. The molecule has 76 valence electrons. The highest BCUT2D eigenvalue weighted by molar-refractivity contribution is 6.31. The molecule has 15 heavy (non-hydrogen) atoms. The van der Waals surface area contributed by atoms with Crippen LogP contribution in [0.4, 0.5) is 5.88 Å². The van der Waals surface area contributed by atoms with Gasteiger partial charge in [0.05, 0.1) is 11.6 Å². The molecule has 0 aliphatic carbocycles. The van der Waals surface area contributed by atoms with Crippen LogP contribution in [0.2, 0.25) is 5.15 Å². The number of furan rings is 1. The molecule has 0 bridgehead atoms. The molecule has 0 aliphatic rings. The monoisotopic (exact) mass is 224 g/mol. The van der Waals surface area contributed by atoms with E-state index in [4.69, 9.17) is 16.0 Å². The van der Waals surface area contributed by atoms with Crippen molar-refractivity contribution in [3.05, 3.63) is 45.7 Å². The summed E-state index contributed by atoms with van der Waals surface area (Å²) in [6, 6.07) is 6.12. The SMILES string of the molecule is O=[N+]([O-])c1ccc(-c2cccnc2Cl)o1. The average Bonchev–Trinajstić information content (AvgIpc) is 2.67. The van der Waals surface area contributed by atoms with Gasteiger partial charge in [-0.3, -0.25) is 10.1 Å². The van der Waals surface area contributed by atoms with Gasteiger partial charge in [-0.2, -0.15) is 0 Å². The summed E-state index contributed by atoms with van der Waals surface area (Å²) in [6.45, 7) is 0. The molecule has 6 heteroatoms. The van der Waals surface area contributed by atoms with Crippen LogP contribution in [0.25, 0.3) is 11.3 Å². The van der Waals surface area contributed by atoms with Crippen molar-refractivity contribution in [3.8, 4) is 11.3 Å². The van der Waals surface area contributed by atoms with E-state index in [0.717, 1.165) is 0 Å². The molecule has 0 unspecified atom stereocenters. The first-order valence-electron chi connectivity index (χ1n) is 4.03. The summed E-state index contributed by atoms with van der Waals surface area (Å²) >= 11 is 5.81. The van der Waals surface area contributed by atoms with Gasteiger partial charge in [0.2, 0.25) is 0 Å². The first kappa shape index (κ1) is 9.67. The van der Waals surface area contributed by atoms with Gasteiger partial charge >= 0.3 is 5.88 Å². The summed E-state index contributed by atoms with van der Waals surface area (Å²) in [7, 11) is 0. The lowest BCUT2D eigenvalue weighted by Gasteiger charge is -1.96. The third-order valence-electron chi connectivity index (χ3n) is 1.80. The predicted octanol–water partition coefficient (Wildman–Crippen LogP) is 2.90. The zero-order chi connectivity index (χ0) is 10.8. The summed E-state index contributed by atoms with van der Waals surface area (Å²) in [5.74, 6) is 0.0183. The maximum atomic E-state index is 10.4. The van der Waals surface area contributed by atoms with Crippen molar-refractivity contribution in [1.82, 2.24) is 4.98 Å². The zero-order valence-corrected chi connectivity index (χ0v) is 8.14. The van der Waals surface area contributed by atoms with Crippen molar-refractivity contribution in [2.24, 2.45) is 0 Å². The summed E-state index contributed by atoms with van der Waals surface area (Å²) in [6.07, 6.45) is 1.53. The number of hydrogen-bond acceptors (Lipinski definition) is 4. The smallest absolute Gasteiger partial charge is 0.401 e. The van der Waals surface area contributed by atoms with E-state index in [1.165, 1.54) is 18.3 Å². The highest BCUT2D eigenvalue weighted by atomic mass is 35.5. The van der Waals surface area contributed by atoms with Crippen molar-refractivity contribution in [2.45, 2.75) is 0 Å². The lowest BCUT2D eigenvalue weighted by atomic mass is 10.2. The predicted molar refractivity (Wildman–Crippen MR) is 53.6 cm³/mol. The number of hydrogen-bond donors (Lipinski definition) is 0. The number of halogens is 1. The minimum Gasteiger partial charge on any atom is -0.401 e. The maximum Gasteiger partial charge on any atom is 0.433 e. The molecule has 0 aliphatic heterocycles. The fourth-order valence-corrected chi connectivity index (χ4v) is 1.35. The number of nitrogens with zero attached hydrogens (tertiary/aromatic N) is 2. The van der Waals surface area contributed by atoms with Crippen LogP contribution in [0, 0.1) is 10.1 Å². The Kier molecular flexibility index (Phi) is 2.39. The largest absolute Gasteiger partial charge is 0.433 e. The first-order valence-corrected chi connectivity index (χ1v) is 4.41. The van der Waals surface area contributed by atoms with Crippen molar-refractivity contribution in [2.75, 3.05) is 0 Å². The van der Waals surface area contributed by atoms with Gasteiger partial charge in [-0.15, -0.1) is 0 Å². The van der Waals surface area contributed by atoms with Gasteiger partial charge in [-0.25, -0.2) is 4.98 Å². The van der Waals surface area contributed by atoms with E-state index in [0.29, 0.717) is 11.3 Å². The Morgan fingerprint density at radius 3 is 2.80 bits per heavy atom. The normalized spacial score (nSPS) is 10.2. The van der Waals surface area contributed by atoms with Crippen molar-refractivity contribution in [3.63, 3.8) is 0 Å². The van der Waals surface area contributed by atoms with E-state index in [1.807, 2.05) is 0 Å². The number of nitro groups is 1. The highest BCUT2D eigenvalue weighted by Crippen LogP contribution is 2.29. The third kappa shape index (κ3) is 1.82. The Hall–Kier alpha value is -1.88. The summed E-state index contributed by atoms with van der Waals surface area (Å²) in [4.78, 5) is 13.6. The zero-order valence-electron chi connectivity index (χ0n) is 7.38. The van der Waals surface area contributed by atoms with Gasteiger partial charge in [0.15, 0.2) is 0 Å². The summed E-state index contributed by atoms with van der Waals surface area (Å²) in [5, 5.41) is 10.6. The van der Waals surface area contributed by atoms with Gasteiger partial charge in [0.25, 0.3) is 0 Å². The van der Waals surface area contributed by atoms with Crippen molar-refractivity contribution >= 4 is 17.5 Å². The Balaban J connectivity index is 2.46. The van der Waals surface area contributed by atoms with E-state index in [-0.39, 0.29) is 11.0 Å². The molecule has 2 rings (SSSR count). The Labute approximate surface area is 89.5 Å². The van der Waals surface area contributed by atoms with Crippen LogP contribution >= 0.6 is 11.6 Å². The molecule has 0 N–H and O–H groups in total.